The molecule has 2 rings (SSSR count). The van der Waals surface area contributed by atoms with Crippen LogP contribution in [-0.4, -0.2) is 47.8 Å². The topological polar surface area (TPSA) is 45.7 Å². The first kappa shape index (κ1) is 15.6. The summed E-state index contributed by atoms with van der Waals surface area (Å²) in [5, 5.41) is 0. The fourth-order valence-electron chi connectivity index (χ4n) is 2.51. The third-order valence-corrected chi connectivity index (χ3v) is 3.61. The predicted octanol–water partition coefficient (Wildman–Crippen LogP) is 2.92. The monoisotopic (exact) mass is 291 g/mol. The molecule has 1 aliphatic rings. The first-order valence-electron chi connectivity index (χ1n) is 7.48. The van der Waals surface area contributed by atoms with Gasteiger partial charge in [0, 0.05) is 32.4 Å². The Kier molecular flexibility index (Phi) is 4.70. The average molecular weight is 291 g/mol. The maximum absolute atomic E-state index is 12.2. The van der Waals surface area contributed by atoms with E-state index in [1.807, 2.05) is 46.0 Å². The summed E-state index contributed by atoms with van der Waals surface area (Å²) in [6.45, 7) is 7.13. The molecule has 5 heteroatoms. The third-order valence-electron chi connectivity index (χ3n) is 3.61. The maximum Gasteiger partial charge on any atom is 0.410 e. The number of likely N-dealkylation sites (tertiary alicyclic amines) is 1. The number of pyridine rings is 1. The Morgan fingerprint density at radius 1 is 1.43 bits per heavy atom. The van der Waals surface area contributed by atoms with Gasteiger partial charge >= 0.3 is 6.09 Å². The lowest BCUT2D eigenvalue weighted by Gasteiger charge is -2.38. The molecule has 1 aromatic heterocycles. The van der Waals surface area contributed by atoms with Crippen molar-refractivity contribution in [2.75, 3.05) is 25.0 Å². The molecule has 21 heavy (non-hydrogen) atoms. The van der Waals surface area contributed by atoms with E-state index < -0.39 is 5.60 Å². The molecule has 116 valence electrons. The summed E-state index contributed by atoms with van der Waals surface area (Å²) in [6.07, 6.45) is 3.62. The van der Waals surface area contributed by atoms with E-state index in [-0.39, 0.29) is 12.1 Å². The largest absolute Gasteiger partial charge is 0.444 e. The Balaban J connectivity index is 1.99. The van der Waals surface area contributed by atoms with Gasteiger partial charge in [-0.05, 0) is 45.7 Å². The van der Waals surface area contributed by atoms with E-state index in [0.717, 1.165) is 25.2 Å². The maximum atomic E-state index is 12.2. The van der Waals surface area contributed by atoms with Crippen molar-refractivity contribution >= 4 is 11.9 Å². The van der Waals surface area contributed by atoms with Crippen molar-refractivity contribution in [3.63, 3.8) is 0 Å². The van der Waals surface area contributed by atoms with Crippen LogP contribution in [0.15, 0.2) is 24.4 Å². The highest BCUT2D eigenvalue weighted by molar-refractivity contribution is 5.68. The Bertz CT molecular complexity index is 470. The van der Waals surface area contributed by atoms with E-state index in [0.29, 0.717) is 6.54 Å². The second-order valence-corrected chi connectivity index (χ2v) is 6.52. The number of amides is 1. The van der Waals surface area contributed by atoms with Crippen LogP contribution in [0.5, 0.6) is 0 Å². The minimum absolute atomic E-state index is 0.221. The minimum Gasteiger partial charge on any atom is -0.444 e. The summed E-state index contributed by atoms with van der Waals surface area (Å²) in [5.41, 5.74) is -0.448. The number of rotatable bonds is 2. The summed E-state index contributed by atoms with van der Waals surface area (Å²) < 4.78 is 5.46. The van der Waals surface area contributed by atoms with Crippen LogP contribution in [0.3, 0.4) is 0 Å². The number of carbonyl (C=O) groups is 1. The molecule has 2 heterocycles. The molecule has 1 unspecified atom stereocenters. The Morgan fingerprint density at radius 2 is 2.19 bits per heavy atom. The van der Waals surface area contributed by atoms with Crippen molar-refractivity contribution in [2.24, 2.45) is 0 Å². The lowest BCUT2D eigenvalue weighted by Crippen LogP contribution is -2.50. The van der Waals surface area contributed by atoms with Crippen molar-refractivity contribution in [3.8, 4) is 0 Å². The number of anilines is 1. The van der Waals surface area contributed by atoms with Gasteiger partial charge in [-0.1, -0.05) is 6.07 Å². The first-order valence-corrected chi connectivity index (χ1v) is 7.48. The SMILES string of the molecule is CN(c1ccccn1)C1CCCN(C(=O)OC(C)(C)C)C1. The van der Waals surface area contributed by atoms with Crippen LogP contribution >= 0.6 is 0 Å². The van der Waals surface area contributed by atoms with Gasteiger partial charge in [0.05, 0.1) is 0 Å². The van der Waals surface area contributed by atoms with E-state index in [4.69, 9.17) is 4.74 Å². The van der Waals surface area contributed by atoms with Gasteiger partial charge in [-0.2, -0.15) is 0 Å². The average Bonchev–Trinajstić information content (AvgIpc) is 2.46. The molecular formula is C16H25N3O2. The number of piperidine rings is 1. The molecule has 1 aromatic rings. The Labute approximate surface area is 126 Å². The van der Waals surface area contributed by atoms with Gasteiger partial charge in [0.2, 0.25) is 0 Å². The second kappa shape index (κ2) is 6.33. The van der Waals surface area contributed by atoms with Gasteiger partial charge in [0.15, 0.2) is 0 Å². The summed E-state index contributed by atoms with van der Waals surface area (Å²) in [4.78, 5) is 20.5. The standard InChI is InChI=1S/C16H25N3O2/c1-16(2,3)21-15(20)19-11-7-8-13(12-19)18(4)14-9-5-6-10-17-14/h5-6,9-10,13H,7-8,11-12H2,1-4H3. The van der Waals surface area contributed by atoms with Gasteiger partial charge in [0.1, 0.15) is 11.4 Å². The van der Waals surface area contributed by atoms with Crippen molar-refractivity contribution in [1.82, 2.24) is 9.88 Å². The van der Waals surface area contributed by atoms with Crippen LogP contribution in [0.2, 0.25) is 0 Å². The normalized spacial score (nSPS) is 19.2. The van der Waals surface area contributed by atoms with Gasteiger partial charge in [-0.3, -0.25) is 0 Å². The molecule has 0 aliphatic carbocycles. The zero-order chi connectivity index (χ0) is 15.5. The summed E-state index contributed by atoms with van der Waals surface area (Å²) in [5.74, 6) is 0.938. The number of ether oxygens (including phenoxy) is 1. The lowest BCUT2D eigenvalue weighted by molar-refractivity contribution is 0.0199. The molecule has 1 atom stereocenters. The number of hydrogen-bond donors (Lipinski definition) is 0. The molecule has 0 N–H and O–H groups in total. The van der Waals surface area contributed by atoms with E-state index >= 15 is 0 Å². The van der Waals surface area contributed by atoms with Crippen LogP contribution in [-0.2, 0) is 4.74 Å². The third kappa shape index (κ3) is 4.34. The highest BCUT2D eigenvalue weighted by atomic mass is 16.6. The molecular weight excluding hydrogens is 266 g/mol. The molecule has 0 bridgehead atoms. The van der Waals surface area contributed by atoms with Crippen molar-refractivity contribution in [3.05, 3.63) is 24.4 Å². The minimum atomic E-state index is -0.448. The van der Waals surface area contributed by atoms with Crippen LogP contribution in [0.1, 0.15) is 33.6 Å². The van der Waals surface area contributed by atoms with E-state index in [1.54, 1.807) is 11.1 Å². The smallest absolute Gasteiger partial charge is 0.410 e. The highest BCUT2D eigenvalue weighted by Gasteiger charge is 2.29. The second-order valence-electron chi connectivity index (χ2n) is 6.52. The van der Waals surface area contributed by atoms with Crippen molar-refractivity contribution < 1.29 is 9.53 Å². The lowest BCUT2D eigenvalue weighted by atomic mass is 10.0. The number of carbonyl (C=O) groups excluding carboxylic acids is 1. The number of nitrogens with zero attached hydrogens (tertiary/aromatic N) is 3. The van der Waals surface area contributed by atoms with Gasteiger partial charge in [0.25, 0.3) is 0 Å². The summed E-state index contributed by atoms with van der Waals surface area (Å²) in [6, 6.07) is 6.16. The molecule has 1 saturated heterocycles. The van der Waals surface area contributed by atoms with Crippen LogP contribution in [0, 0.1) is 0 Å². The van der Waals surface area contributed by atoms with Crippen LogP contribution in [0.4, 0.5) is 10.6 Å². The number of hydrogen-bond acceptors (Lipinski definition) is 4. The zero-order valence-electron chi connectivity index (χ0n) is 13.4. The van der Waals surface area contributed by atoms with Crippen molar-refractivity contribution in [1.29, 1.82) is 0 Å². The first-order chi connectivity index (χ1) is 9.87. The van der Waals surface area contributed by atoms with Gasteiger partial charge in [-0.15, -0.1) is 0 Å². The van der Waals surface area contributed by atoms with Crippen molar-refractivity contribution in [2.45, 2.75) is 45.3 Å². The molecule has 0 aromatic carbocycles. The molecule has 0 saturated carbocycles. The van der Waals surface area contributed by atoms with Crippen LogP contribution < -0.4 is 4.90 Å². The van der Waals surface area contributed by atoms with Crippen LogP contribution in [0.25, 0.3) is 0 Å². The molecule has 0 spiro atoms. The van der Waals surface area contributed by atoms with E-state index in [9.17, 15) is 4.79 Å². The summed E-state index contributed by atoms with van der Waals surface area (Å²) >= 11 is 0. The fraction of sp³-hybridized carbons (Fsp3) is 0.625. The quantitative estimate of drug-likeness (QED) is 0.840. The molecule has 1 fully saturated rings. The number of aromatic nitrogens is 1. The molecule has 5 nitrogen and oxygen atoms in total. The Hall–Kier alpha value is -1.78. The fourth-order valence-corrected chi connectivity index (χ4v) is 2.51. The highest BCUT2D eigenvalue weighted by Crippen LogP contribution is 2.21. The predicted molar refractivity (Wildman–Crippen MR) is 83.5 cm³/mol. The molecule has 1 amide bonds. The number of likely N-dealkylation sites (N-methyl/N-ethyl adjacent to an activating group) is 1. The van der Waals surface area contributed by atoms with Gasteiger partial charge < -0.3 is 14.5 Å². The van der Waals surface area contributed by atoms with E-state index in [2.05, 4.69) is 9.88 Å². The zero-order valence-corrected chi connectivity index (χ0v) is 13.4. The molecule has 0 radical (unpaired) electrons. The summed E-state index contributed by atoms with van der Waals surface area (Å²) in [7, 11) is 2.03. The molecule has 1 aliphatic heterocycles. The Morgan fingerprint density at radius 3 is 2.81 bits per heavy atom. The van der Waals surface area contributed by atoms with E-state index in [1.165, 1.54) is 0 Å². The van der Waals surface area contributed by atoms with Gasteiger partial charge in [-0.25, -0.2) is 9.78 Å².